The Balaban J connectivity index is 1.47. The molecule has 0 saturated carbocycles. The molecule has 0 aromatic heterocycles. The van der Waals surface area contributed by atoms with Gasteiger partial charge in [0.2, 0.25) is 10.0 Å². The van der Waals surface area contributed by atoms with Gasteiger partial charge in [-0.15, -0.1) is 0 Å². The van der Waals surface area contributed by atoms with Gasteiger partial charge in [0, 0.05) is 48.7 Å². The fourth-order valence-corrected chi connectivity index (χ4v) is 6.96. The molecule has 0 aliphatic carbocycles. The molecule has 2 aromatic carbocycles. The minimum atomic E-state index is -3.61. The first-order chi connectivity index (χ1) is 16.8. The summed E-state index contributed by atoms with van der Waals surface area (Å²) < 4.78 is 39.7. The van der Waals surface area contributed by atoms with E-state index in [1.807, 2.05) is 25.2 Å². The number of nitrogens with zero attached hydrogens (tertiary/aromatic N) is 2. The molecule has 2 aliphatic rings. The molecule has 1 fully saturated rings. The van der Waals surface area contributed by atoms with E-state index in [0.29, 0.717) is 67.2 Å². The van der Waals surface area contributed by atoms with Gasteiger partial charge in [-0.2, -0.15) is 4.31 Å². The lowest BCUT2D eigenvalue weighted by Crippen LogP contribution is -2.41. The molecular formula is C25H33Cl2N3O4S. The van der Waals surface area contributed by atoms with E-state index in [0.717, 1.165) is 29.8 Å². The van der Waals surface area contributed by atoms with Crippen molar-refractivity contribution in [1.29, 1.82) is 0 Å². The molecule has 0 radical (unpaired) electrons. The second-order valence-electron chi connectivity index (χ2n) is 9.15. The quantitative estimate of drug-likeness (QED) is 0.487. The second-order valence-corrected chi connectivity index (χ2v) is 11.9. The number of benzene rings is 2. The Kier molecular flexibility index (Phi) is 9.10. The summed E-state index contributed by atoms with van der Waals surface area (Å²) in [5.74, 6) is -0.0178. The predicted molar refractivity (Wildman–Crippen MR) is 139 cm³/mol. The van der Waals surface area contributed by atoms with E-state index < -0.39 is 10.0 Å². The molecule has 0 bridgehead atoms. The zero-order valence-corrected chi connectivity index (χ0v) is 22.3. The van der Waals surface area contributed by atoms with E-state index in [9.17, 15) is 8.42 Å². The van der Waals surface area contributed by atoms with Crippen LogP contribution in [0.2, 0.25) is 10.0 Å². The van der Waals surface area contributed by atoms with Crippen LogP contribution in [0.15, 0.2) is 41.3 Å². The monoisotopic (exact) mass is 541 g/mol. The second kappa shape index (κ2) is 11.9. The van der Waals surface area contributed by atoms with Gasteiger partial charge < -0.3 is 20.1 Å². The highest BCUT2D eigenvalue weighted by Crippen LogP contribution is 2.39. The Morgan fingerprint density at radius 2 is 1.86 bits per heavy atom. The first-order valence-electron chi connectivity index (χ1n) is 12.0. The largest absolute Gasteiger partial charge is 0.378 e. The van der Waals surface area contributed by atoms with Gasteiger partial charge in [-0.05, 0) is 60.8 Å². The SMILES string of the molecule is CN1Cc2c(Cl)cc(Cl)cc2[C@H](c2cccc(S(=O)(=O)N3CCC(OCCOCCN)CC3)c2)C1. The van der Waals surface area contributed by atoms with Gasteiger partial charge in [0.25, 0.3) is 0 Å². The predicted octanol–water partition coefficient (Wildman–Crippen LogP) is 3.72. The third kappa shape index (κ3) is 6.37. The first kappa shape index (κ1) is 26.8. The van der Waals surface area contributed by atoms with Gasteiger partial charge in [-0.3, -0.25) is 0 Å². The van der Waals surface area contributed by atoms with Gasteiger partial charge in [0.15, 0.2) is 0 Å². The first-order valence-corrected chi connectivity index (χ1v) is 14.1. The van der Waals surface area contributed by atoms with E-state index >= 15 is 0 Å². The number of halogens is 2. The van der Waals surface area contributed by atoms with Crippen LogP contribution in [0, 0.1) is 0 Å². The van der Waals surface area contributed by atoms with E-state index in [2.05, 4.69) is 4.90 Å². The fourth-order valence-electron chi connectivity index (χ4n) is 4.87. The zero-order valence-electron chi connectivity index (χ0n) is 20.0. The van der Waals surface area contributed by atoms with Gasteiger partial charge >= 0.3 is 0 Å². The summed E-state index contributed by atoms with van der Waals surface area (Å²) in [4.78, 5) is 2.51. The highest BCUT2D eigenvalue weighted by molar-refractivity contribution is 7.89. The summed E-state index contributed by atoms with van der Waals surface area (Å²) in [6.07, 6.45) is 1.36. The number of hydrogen-bond donors (Lipinski definition) is 1. The Bertz CT molecular complexity index is 1120. The van der Waals surface area contributed by atoms with Crippen LogP contribution in [0.25, 0.3) is 0 Å². The molecule has 7 nitrogen and oxygen atoms in total. The standard InChI is InChI=1S/C25H33Cl2N3O4S/c1-29-16-23(22-14-19(26)15-25(27)24(22)17-29)18-3-2-4-21(13-18)35(31,32)30-8-5-20(6-9-30)34-12-11-33-10-7-28/h2-4,13-15,20,23H,5-12,16-17,28H2,1H3/t23-/m0/s1. The molecular weight excluding hydrogens is 509 g/mol. The smallest absolute Gasteiger partial charge is 0.243 e. The van der Waals surface area contributed by atoms with E-state index in [1.165, 1.54) is 0 Å². The molecule has 2 aliphatic heterocycles. The van der Waals surface area contributed by atoms with Gasteiger partial charge in [-0.1, -0.05) is 35.3 Å². The Hall–Kier alpha value is -1.23. The van der Waals surface area contributed by atoms with Crippen LogP contribution >= 0.6 is 23.2 Å². The van der Waals surface area contributed by atoms with Crippen molar-refractivity contribution in [3.05, 3.63) is 63.1 Å². The number of rotatable bonds is 9. The molecule has 2 N–H and O–H groups in total. The number of hydrogen-bond acceptors (Lipinski definition) is 6. The van der Waals surface area contributed by atoms with Crippen LogP contribution in [0.3, 0.4) is 0 Å². The van der Waals surface area contributed by atoms with E-state index in [1.54, 1.807) is 22.5 Å². The molecule has 4 rings (SSSR count). The molecule has 0 unspecified atom stereocenters. The van der Waals surface area contributed by atoms with Gasteiger partial charge in [0.1, 0.15) is 0 Å². The van der Waals surface area contributed by atoms with Crippen molar-refractivity contribution in [2.75, 3.05) is 53.0 Å². The zero-order chi connectivity index (χ0) is 25.0. The summed E-state index contributed by atoms with van der Waals surface area (Å²) in [6.45, 7) is 4.34. The molecule has 0 amide bonds. The summed E-state index contributed by atoms with van der Waals surface area (Å²) in [5.41, 5.74) is 8.44. The lowest BCUT2D eigenvalue weighted by molar-refractivity contribution is -0.0129. The summed E-state index contributed by atoms with van der Waals surface area (Å²) in [6, 6.07) is 11.0. The van der Waals surface area contributed by atoms with Gasteiger partial charge in [-0.25, -0.2) is 8.42 Å². The summed E-state index contributed by atoms with van der Waals surface area (Å²) in [7, 11) is -1.57. The van der Waals surface area contributed by atoms with Crippen molar-refractivity contribution < 1.29 is 17.9 Å². The highest BCUT2D eigenvalue weighted by Gasteiger charge is 2.32. The maximum atomic E-state index is 13.5. The Morgan fingerprint density at radius 3 is 2.60 bits per heavy atom. The number of piperidine rings is 1. The van der Waals surface area contributed by atoms with Crippen LogP contribution in [0.4, 0.5) is 0 Å². The molecule has 1 atom stereocenters. The summed E-state index contributed by atoms with van der Waals surface area (Å²) >= 11 is 12.8. The molecule has 35 heavy (non-hydrogen) atoms. The minimum absolute atomic E-state index is 0.0178. The topological polar surface area (TPSA) is 85.1 Å². The maximum Gasteiger partial charge on any atom is 0.243 e. The Labute approximate surface area is 218 Å². The van der Waals surface area contributed by atoms with Crippen LogP contribution in [0.1, 0.15) is 35.4 Å². The third-order valence-electron chi connectivity index (χ3n) is 6.64. The molecule has 2 aromatic rings. The number of nitrogens with two attached hydrogens (primary N) is 1. The molecule has 192 valence electrons. The number of fused-ring (bicyclic) bond motifs is 1. The number of sulfonamides is 1. The molecule has 2 heterocycles. The molecule has 0 spiro atoms. The van der Waals surface area contributed by atoms with Crippen molar-refractivity contribution in [1.82, 2.24) is 9.21 Å². The van der Waals surface area contributed by atoms with Crippen LogP contribution in [0.5, 0.6) is 0 Å². The third-order valence-corrected chi connectivity index (χ3v) is 9.09. The lowest BCUT2D eigenvalue weighted by atomic mass is 9.85. The number of ether oxygens (including phenoxy) is 2. The average molecular weight is 543 g/mol. The van der Waals surface area contributed by atoms with Crippen molar-refractivity contribution >= 4 is 33.2 Å². The normalized spacial score (nSPS) is 20.2. The van der Waals surface area contributed by atoms with Crippen molar-refractivity contribution in [2.45, 2.75) is 36.3 Å². The van der Waals surface area contributed by atoms with Crippen LogP contribution < -0.4 is 5.73 Å². The lowest BCUT2D eigenvalue weighted by Gasteiger charge is -2.34. The average Bonchev–Trinajstić information content (AvgIpc) is 2.84. The fraction of sp³-hybridized carbons (Fsp3) is 0.520. The maximum absolute atomic E-state index is 13.5. The van der Waals surface area contributed by atoms with Crippen molar-refractivity contribution in [3.8, 4) is 0 Å². The van der Waals surface area contributed by atoms with E-state index in [-0.39, 0.29) is 12.0 Å². The molecule has 10 heteroatoms. The van der Waals surface area contributed by atoms with E-state index in [4.69, 9.17) is 38.4 Å². The van der Waals surface area contributed by atoms with Crippen molar-refractivity contribution in [2.24, 2.45) is 5.73 Å². The molecule has 1 saturated heterocycles. The Morgan fingerprint density at radius 1 is 1.09 bits per heavy atom. The van der Waals surface area contributed by atoms with Crippen LogP contribution in [-0.2, 0) is 26.0 Å². The highest BCUT2D eigenvalue weighted by atomic mass is 35.5. The minimum Gasteiger partial charge on any atom is -0.378 e. The van der Waals surface area contributed by atoms with Gasteiger partial charge in [0.05, 0.1) is 30.8 Å². The van der Waals surface area contributed by atoms with Crippen LogP contribution in [-0.4, -0.2) is 76.8 Å². The number of likely N-dealkylation sites (N-methyl/N-ethyl adjacent to an activating group) is 1. The van der Waals surface area contributed by atoms with Crippen molar-refractivity contribution in [3.63, 3.8) is 0 Å². The summed E-state index contributed by atoms with van der Waals surface area (Å²) in [5, 5.41) is 1.23.